The SMILES string of the molecule is CN1CCC(Nc2ncc3cc(-c4c(F)ccc(NS(=O)(=O)c5cc(Cl)cc6c5OC[C@H]6O)c4F)ccc3n2)CC1. The lowest BCUT2D eigenvalue weighted by atomic mass is 10.0. The van der Waals surface area contributed by atoms with Crippen molar-refractivity contribution in [2.24, 2.45) is 0 Å². The van der Waals surface area contributed by atoms with Gasteiger partial charge < -0.3 is 20.1 Å². The molecule has 1 atom stereocenters. The number of hydrogen-bond donors (Lipinski definition) is 3. The second-order valence-corrected chi connectivity index (χ2v) is 12.3. The standard InChI is InChI=1S/C28H26ClF2N5O4S/c1-36-8-6-18(7-9-36)33-28-32-13-16-10-15(2-4-21(16)34-28)25-20(30)3-5-22(26(25)31)35-41(38,39)24-12-17(29)11-19-23(37)14-40-27(19)24/h2-5,10-13,18,23,35,37H,6-9,14H2,1H3,(H,32,33,34)/t23-/m1/s1. The summed E-state index contributed by atoms with van der Waals surface area (Å²) in [5.41, 5.74) is 0.102. The first-order valence-electron chi connectivity index (χ1n) is 13.0. The Morgan fingerprint density at radius 1 is 1.12 bits per heavy atom. The first-order valence-corrected chi connectivity index (χ1v) is 14.8. The van der Waals surface area contributed by atoms with Gasteiger partial charge >= 0.3 is 0 Å². The summed E-state index contributed by atoms with van der Waals surface area (Å²) in [6.45, 7) is 1.83. The number of aliphatic hydroxyl groups excluding tert-OH is 1. The number of aromatic nitrogens is 2. The van der Waals surface area contributed by atoms with E-state index in [0.29, 0.717) is 16.9 Å². The summed E-state index contributed by atoms with van der Waals surface area (Å²) >= 11 is 6.07. The van der Waals surface area contributed by atoms with E-state index >= 15 is 4.39 Å². The summed E-state index contributed by atoms with van der Waals surface area (Å²) in [5.74, 6) is -1.57. The molecule has 6 rings (SSSR count). The molecule has 2 aliphatic heterocycles. The first kappa shape index (κ1) is 27.6. The molecule has 4 aromatic rings. The second kappa shape index (κ2) is 10.7. The molecule has 41 heavy (non-hydrogen) atoms. The fourth-order valence-electron chi connectivity index (χ4n) is 5.13. The van der Waals surface area contributed by atoms with Gasteiger partial charge in [-0.25, -0.2) is 27.2 Å². The smallest absolute Gasteiger partial charge is 0.265 e. The molecule has 3 heterocycles. The fourth-order valence-corrected chi connectivity index (χ4v) is 6.68. The molecule has 0 radical (unpaired) electrons. The second-order valence-electron chi connectivity index (χ2n) is 10.2. The van der Waals surface area contributed by atoms with Crippen molar-refractivity contribution in [3.05, 3.63) is 70.9 Å². The van der Waals surface area contributed by atoms with Gasteiger partial charge in [0.2, 0.25) is 5.95 Å². The highest BCUT2D eigenvalue weighted by molar-refractivity contribution is 7.92. The monoisotopic (exact) mass is 601 g/mol. The number of aliphatic hydroxyl groups is 1. The zero-order valence-corrected chi connectivity index (χ0v) is 23.4. The average molecular weight is 602 g/mol. The summed E-state index contributed by atoms with van der Waals surface area (Å²) < 4.78 is 64.7. The number of sulfonamides is 1. The number of rotatable bonds is 6. The molecule has 0 bridgehead atoms. The van der Waals surface area contributed by atoms with Gasteiger partial charge in [0.05, 0.1) is 16.8 Å². The Morgan fingerprint density at radius 2 is 1.90 bits per heavy atom. The van der Waals surface area contributed by atoms with E-state index in [1.165, 1.54) is 12.1 Å². The summed E-state index contributed by atoms with van der Waals surface area (Å²) in [6, 6.07) is 9.50. The van der Waals surface area contributed by atoms with Crippen molar-refractivity contribution in [3.63, 3.8) is 0 Å². The van der Waals surface area contributed by atoms with E-state index in [0.717, 1.165) is 44.1 Å². The van der Waals surface area contributed by atoms with Gasteiger partial charge in [0.25, 0.3) is 10.0 Å². The molecule has 9 nitrogen and oxygen atoms in total. The van der Waals surface area contributed by atoms with Crippen molar-refractivity contribution in [2.45, 2.75) is 29.9 Å². The minimum Gasteiger partial charge on any atom is -0.489 e. The highest BCUT2D eigenvalue weighted by atomic mass is 35.5. The number of benzene rings is 3. The van der Waals surface area contributed by atoms with Crippen molar-refractivity contribution >= 4 is 44.2 Å². The van der Waals surface area contributed by atoms with Crippen LogP contribution in [0.25, 0.3) is 22.0 Å². The number of ether oxygens (including phenoxy) is 1. The lowest BCUT2D eigenvalue weighted by Crippen LogP contribution is -2.37. The largest absolute Gasteiger partial charge is 0.489 e. The summed E-state index contributed by atoms with van der Waals surface area (Å²) in [6.07, 6.45) is 2.48. The van der Waals surface area contributed by atoms with Crippen LogP contribution in [0.2, 0.25) is 5.02 Å². The molecular formula is C28H26ClF2N5O4S. The van der Waals surface area contributed by atoms with Crippen LogP contribution in [0.15, 0.2) is 53.6 Å². The molecule has 2 aliphatic rings. The Morgan fingerprint density at radius 3 is 2.68 bits per heavy atom. The van der Waals surface area contributed by atoms with Gasteiger partial charge in [-0.3, -0.25) is 4.72 Å². The molecule has 0 amide bonds. The molecule has 1 aromatic heterocycles. The quantitative estimate of drug-likeness (QED) is 0.284. The van der Waals surface area contributed by atoms with Crippen molar-refractivity contribution in [3.8, 4) is 16.9 Å². The van der Waals surface area contributed by atoms with Crippen molar-refractivity contribution in [1.29, 1.82) is 0 Å². The maximum absolute atomic E-state index is 15.7. The van der Waals surface area contributed by atoms with Crippen LogP contribution in [0.5, 0.6) is 5.75 Å². The minimum atomic E-state index is -4.44. The normalized spacial score (nSPS) is 17.8. The number of halogens is 3. The zero-order valence-electron chi connectivity index (χ0n) is 21.9. The number of anilines is 2. The van der Waals surface area contributed by atoms with Crippen LogP contribution in [0.4, 0.5) is 20.4 Å². The predicted octanol–water partition coefficient (Wildman–Crippen LogP) is 4.96. The van der Waals surface area contributed by atoms with Crippen molar-refractivity contribution in [2.75, 3.05) is 36.8 Å². The summed E-state index contributed by atoms with van der Waals surface area (Å²) in [7, 11) is -2.35. The zero-order chi connectivity index (χ0) is 28.9. The van der Waals surface area contributed by atoms with E-state index in [1.54, 1.807) is 18.3 Å². The minimum absolute atomic E-state index is 0.0528. The lowest BCUT2D eigenvalue weighted by molar-refractivity contribution is 0.140. The Hall–Kier alpha value is -3.58. The van der Waals surface area contributed by atoms with Crippen LogP contribution >= 0.6 is 11.6 Å². The average Bonchev–Trinajstić information content (AvgIpc) is 3.31. The van der Waals surface area contributed by atoms with Crippen LogP contribution in [-0.4, -0.2) is 61.2 Å². The number of piperidine rings is 1. The molecule has 1 fully saturated rings. The number of nitrogens with one attached hydrogen (secondary N) is 2. The highest BCUT2D eigenvalue weighted by Crippen LogP contribution is 2.41. The third kappa shape index (κ3) is 5.40. The topological polar surface area (TPSA) is 117 Å². The molecule has 0 unspecified atom stereocenters. The van der Waals surface area contributed by atoms with E-state index < -0.39 is 39.0 Å². The van der Waals surface area contributed by atoms with Gasteiger partial charge in [-0.15, -0.1) is 0 Å². The van der Waals surface area contributed by atoms with E-state index in [2.05, 4.69) is 32.0 Å². The first-order chi connectivity index (χ1) is 19.6. The molecule has 13 heteroatoms. The van der Waals surface area contributed by atoms with Crippen molar-refractivity contribution < 1.29 is 27.0 Å². The number of fused-ring (bicyclic) bond motifs is 2. The third-order valence-electron chi connectivity index (χ3n) is 7.34. The molecule has 0 saturated carbocycles. The summed E-state index contributed by atoms with van der Waals surface area (Å²) in [4.78, 5) is 10.8. The number of hydrogen-bond acceptors (Lipinski definition) is 8. The lowest BCUT2D eigenvalue weighted by Gasteiger charge is -2.29. The predicted molar refractivity (Wildman–Crippen MR) is 152 cm³/mol. The van der Waals surface area contributed by atoms with Crippen molar-refractivity contribution in [1.82, 2.24) is 14.9 Å². The van der Waals surface area contributed by atoms with Gasteiger partial charge in [0, 0.05) is 28.2 Å². The third-order valence-corrected chi connectivity index (χ3v) is 8.93. The van der Waals surface area contributed by atoms with E-state index in [9.17, 15) is 17.9 Å². The van der Waals surface area contributed by atoms with Gasteiger partial charge in [-0.05, 0) is 74.9 Å². The van der Waals surface area contributed by atoms with Gasteiger partial charge in [0.15, 0.2) is 5.82 Å². The molecule has 3 N–H and O–H groups in total. The van der Waals surface area contributed by atoms with Crippen LogP contribution in [0.3, 0.4) is 0 Å². The summed E-state index contributed by atoms with van der Waals surface area (Å²) in [5, 5.41) is 14.1. The van der Waals surface area contributed by atoms with Crippen LogP contribution in [0, 0.1) is 11.6 Å². The van der Waals surface area contributed by atoms with Gasteiger partial charge in [-0.1, -0.05) is 17.7 Å². The van der Waals surface area contributed by atoms with Crippen LogP contribution in [0.1, 0.15) is 24.5 Å². The van der Waals surface area contributed by atoms with E-state index in [-0.39, 0.29) is 39.4 Å². The van der Waals surface area contributed by atoms with Gasteiger partial charge in [0.1, 0.15) is 29.2 Å². The van der Waals surface area contributed by atoms with E-state index in [1.807, 2.05) is 0 Å². The Kier molecular flexibility index (Phi) is 7.18. The Bertz CT molecular complexity index is 1770. The van der Waals surface area contributed by atoms with Crippen LogP contribution < -0.4 is 14.8 Å². The Balaban J connectivity index is 1.29. The molecule has 3 aromatic carbocycles. The fraction of sp³-hybridized carbons (Fsp3) is 0.286. The molecule has 0 aliphatic carbocycles. The van der Waals surface area contributed by atoms with Gasteiger partial charge in [-0.2, -0.15) is 0 Å². The number of likely N-dealkylation sites (tertiary alicyclic amines) is 1. The van der Waals surface area contributed by atoms with E-state index in [4.69, 9.17) is 16.3 Å². The highest BCUT2D eigenvalue weighted by Gasteiger charge is 2.32. The molecule has 0 spiro atoms. The van der Waals surface area contributed by atoms with Crippen LogP contribution in [-0.2, 0) is 10.0 Å². The molecule has 214 valence electrons. The maximum atomic E-state index is 15.7. The molecular weight excluding hydrogens is 576 g/mol. The molecule has 1 saturated heterocycles. The maximum Gasteiger partial charge on any atom is 0.265 e. The Labute approximate surface area is 240 Å². The number of nitrogens with zero attached hydrogens (tertiary/aromatic N) is 3.